The Morgan fingerprint density at radius 2 is 2.00 bits per heavy atom. The van der Waals surface area contributed by atoms with Crippen molar-refractivity contribution in [2.75, 3.05) is 0 Å². The first-order chi connectivity index (χ1) is 8.85. The summed E-state index contributed by atoms with van der Waals surface area (Å²) < 4.78 is 5.46. The fourth-order valence-electron chi connectivity index (χ4n) is 4.95. The van der Waals surface area contributed by atoms with Crippen molar-refractivity contribution in [2.24, 2.45) is 29.1 Å². The van der Waals surface area contributed by atoms with E-state index in [2.05, 4.69) is 6.92 Å². The molecule has 4 nitrogen and oxygen atoms in total. The Morgan fingerprint density at radius 1 is 1.32 bits per heavy atom. The second-order valence-electron chi connectivity index (χ2n) is 7.18. The minimum absolute atomic E-state index is 0.0242. The highest BCUT2D eigenvalue weighted by molar-refractivity contribution is 5.75. The molecule has 19 heavy (non-hydrogen) atoms. The maximum atomic E-state index is 11.8. The van der Waals surface area contributed by atoms with Gasteiger partial charge in [0.15, 0.2) is 0 Å². The lowest BCUT2D eigenvalue weighted by atomic mass is 9.52. The average molecular weight is 268 g/mol. The average Bonchev–Trinajstić information content (AvgIpc) is 2.60. The molecule has 8 atom stereocenters. The van der Waals surface area contributed by atoms with E-state index in [1.54, 1.807) is 0 Å². The molecule has 0 aromatic rings. The van der Waals surface area contributed by atoms with E-state index in [4.69, 9.17) is 4.74 Å². The fourth-order valence-corrected chi connectivity index (χ4v) is 4.95. The maximum absolute atomic E-state index is 11.8. The fraction of sp³-hybridized carbons (Fsp3) is 0.933. The molecule has 0 aromatic heterocycles. The Labute approximate surface area is 114 Å². The van der Waals surface area contributed by atoms with Crippen molar-refractivity contribution >= 4 is 5.97 Å². The molecule has 0 radical (unpaired) electrons. The number of hydrogen-bond acceptors (Lipinski definition) is 4. The molecular formula is C15H24O4. The number of aliphatic hydroxyl groups excluding tert-OH is 2. The van der Waals surface area contributed by atoms with E-state index in [9.17, 15) is 15.0 Å². The van der Waals surface area contributed by atoms with E-state index in [-0.39, 0.29) is 47.3 Å². The molecule has 0 amide bonds. The Balaban J connectivity index is 1.95. The molecule has 0 bridgehead atoms. The van der Waals surface area contributed by atoms with E-state index in [1.807, 2.05) is 13.8 Å². The third kappa shape index (κ3) is 1.76. The Kier molecular flexibility index (Phi) is 2.95. The lowest BCUT2D eigenvalue weighted by Gasteiger charge is -2.55. The van der Waals surface area contributed by atoms with Crippen molar-refractivity contribution in [3.63, 3.8) is 0 Å². The van der Waals surface area contributed by atoms with Gasteiger partial charge in [0.2, 0.25) is 0 Å². The molecule has 0 unspecified atom stereocenters. The van der Waals surface area contributed by atoms with Crippen LogP contribution in [0.5, 0.6) is 0 Å². The van der Waals surface area contributed by atoms with Crippen LogP contribution in [0.2, 0.25) is 0 Å². The van der Waals surface area contributed by atoms with Gasteiger partial charge in [0.05, 0.1) is 18.1 Å². The summed E-state index contributed by atoms with van der Waals surface area (Å²) in [5.74, 6) is -0.356. The second kappa shape index (κ2) is 4.19. The monoisotopic (exact) mass is 268 g/mol. The quantitative estimate of drug-likeness (QED) is 0.651. The van der Waals surface area contributed by atoms with Crippen LogP contribution in [0.1, 0.15) is 40.0 Å². The van der Waals surface area contributed by atoms with Crippen LogP contribution < -0.4 is 0 Å². The van der Waals surface area contributed by atoms with Gasteiger partial charge in [-0.25, -0.2) is 0 Å². The molecule has 0 aromatic carbocycles. The number of esters is 1. The highest BCUT2D eigenvalue weighted by atomic mass is 16.6. The van der Waals surface area contributed by atoms with Crippen molar-refractivity contribution in [3.8, 4) is 0 Å². The van der Waals surface area contributed by atoms with Crippen molar-refractivity contribution in [1.29, 1.82) is 0 Å². The lowest BCUT2D eigenvalue weighted by Crippen LogP contribution is -2.57. The molecular weight excluding hydrogens is 244 g/mol. The molecule has 3 fully saturated rings. The molecule has 1 heterocycles. The number of hydrogen-bond donors (Lipinski definition) is 2. The predicted octanol–water partition coefficient (Wildman–Crippen LogP) is 1.34. The van der Waals surface area contributed by atoms with Gasteiger partial charge in [0.1, 0.15) is 6.10 Å². The minimum Gasteiger partial charge on any atom is -0.462 e. The van der Waals surface area contributed by atoms with Crippen molar-refractivity contribution < 1.29 is 19.7 Å². The first-order valence-electron chi connectivity index (χ1n) is 7.42. The normalized spacial score (nSPS) is 57.3. The summed E-state index contributed by atoms with van der Waals surface area (Å²) in [4.78, 5) is 11.8. The highest BCUT2D eigenvalue weighted by Gasteiger charge is 2.60. The number of aliphatic hydroxyl groups is 2. The zero-order valence-electron chi connectivity index (χ0n) is 11.9. The van der Waals surface area contributed by atoms with Crippen molar-refractivity contribution in [3.05, 3.63) is 0 Å². The molecule has 4 heteroatoms. The molecule has 1 aliphatic heterocycles. The molecule has 2 aliphatic carbocycles. The SMILES string of the molecule is C[C@H]1[C@@H]2[C@H](O)[C@@H]3[C@H](C)C(=O)O[C@@H]3C[C@@]2(C)CC[C@H]1O. The van der Waals surface area contributed by atoms with E-state index in [0.717, 1.165) is 19.3 Å². The van der Waals surface area contributed by atoms with Crippen molar-refractivity contribution in [2.45, 2.75) is 58.3 Å². The van der Waals surface area contributed by atoms with Gasteiger partial charge in [-0.1, -0.05) is 20.8 Å². The largest absolute Gasteiger partial charge is 0.462 e. The van der Waals surface area contributed by atoms with Crippen LogP contribution in [0.15, 0.2) is 0 Å². The van der Waals surface area contributed by atoms with Crippen LogP contribution in [0.3, 0.4) is 0 Å². The number of ether oxygens (including phenoxy) is 1. The van der Waals surface area contributed by atoms with Gasteiger partial charge >= 0.3 is 5.97 Å². The molecule has 2 N–H and O–H groups in total. The van der Waals surface area contributed by atoms with Crippen LogP contribution in [-0.4, -0.2) is 34.5 Å². The summed E-state index contributed by atoms with van der Waals surface area (Å²) in [5, 5.41) is 20.9. The van der Waals surface area contributed by atoms with Crippen LogP contribution >= 0.6 is 0 Å². The van der Waals surface area contributed by atoms with Gasteiger partial charge < -0.3 is 14.9 Å². The smallest absolute Gasteiger partial charge is 0.309 e. The summed E-state index contributed by atoms with van der Waals surface area (Å²) in [5.41, 5.74) is -0.0242. The highest BCUT2D eigenvalue weighted by Crippen LogP contribution is 2.57. The van der Waals surface area contributed by atoms with Crippen LogP contribution in [0.25, 0.3) is 0 Å². The van der Waals surface area contributed by atoms with Gasteiger partial charge in [0, 0.05) is 5.92 Å². The van der Waals surface area contributed by atoms with Crippen molar-refractivity contribution in [1.82, 2.24) is 0 Å². The number of carbonyl (C=O) groups excluding carboxylic acids is 1. The van der Waals surface area contributed by atoms with E-state index in [1.165, 1.54) is 0 Å². The first-order valence-corrected chi connectivity index (χ1v) is 7.42. The van der Waals surface area contributed by atoms with Gasteiger partial charge in [-0.3, -0.25) is 4.79 Å². The van der Waals surface area contributed by atoms with E-state index < -0.39 is 6.10 Å². The Hall–Kier alpha value is -0.610. The van der Waals surface area contributed by atoms with Crippen LogP contribution in [0, 0.1) is 29.1 Å². The summed E-state index contributed by atoms with van der Waals surface area (Å²) in [6, 6.07) is 0. The van der Waals surface area contributed by atoms with E-state index in [0.29, 0.717) is 0 Å². The van der Waals surface area contributed by atoms with Gasteiger partial charge in [-0.05, 0) is 36.5 Å². The molecule has 0 spiro atoms. The van der Waals surface area contributed by atoms with E-state index >= 15 is 0 Å². The summed E-state index contributed by atoms with van der Waals surface area (Å²) in [7, 11) is 0. The van der Waals surface area contributed by atoms with Crippen LogP contribution in [-0.2, 0) is 9.53 Å². The zero-order valence-corrected chi connectivity index (χ0v) is 11.9. The summed E-state index contributed by atoms with van der Waals surface area (Å²) >= 11 is 0. The summed E-state index contributed by atoms with van der Waals surface area (Å²) in [6.45, 7) is 6.05. The van der Waals surface area contributed by atoms with Gasteiger partial charge in [-0.15, -0.1) is 0 Å². The predicted molar refractivity (Wildman–Crippen MR) is 69.2 cm³/mol. The number of carbonyl (C=O) groups is 1. The molecule has 3 rings (SSSR count). The zero-order chi connectivity index (χ0) is 13.9. The second-order valence-corrected chi connectivity index (χ2v) is 7.18. The Bertz CT molecular complexity index is 396. The third-order valence-corrected chi connectivity index (χ3v) is 6.07. The number of rotatable bonds is 0. The molecule has 1 saturated heterocycles. The summed E-state index contributed by atoms with van der Waals surface area (Å²) in [6.07, 6.45) is 1.48. The first kappa shape index (κ1) is 13.4. The minimum atomic E-state index is -0.546. The number of fused-ring (bicyclic) bond motifs is 2. The lowest BCUT2D eigenvalue weighted by molar-refractivity contribution is -0.167. The molecule has 3 aliphatic rings. The standard InChI is InChI=1S/C15H24O4/c1-7-9(16)4-5-15(3)6-10-11(13(17)12(7)15)8(2)14(18)19-10/h7-13,16-17H,4-6H2,1-3H3/t7-,8+,9-,10-,11-,12-,13-,15-/m1/s1. The molecule has 108 valence electrons. The van der Waals surface area contributed by atoms with Gasteiger partial charge in [-0.2, -0.15) is 0 Å². The molecule has 2 saturated carbocycles. The van der Waals surface area contributed by atoms with Crippen LogP contribution in [0.4, 0.5) is 0 Å². The maximum Gasteiger partial charge on any atom is 0.309 e. The third-order valence-electron chi connectivity index (χ3n) is 6.07. The topological polar surface area (TPSA) is 66.8 Å². The van der Waals surface area contributed by atoms with Gasteiger partial charge in [0.25, 0.3) is 0 Å². The Morgan fingerprint density at radius 3 is 2.68 bits per heavy atom.